The first kappa shape index (κ1) is 18.1. The van der Waals surface area contributed by atoms with Crippen LogP contribution in [-0.4, -0.2) is 41.8 Å². The van der Waals surface area contributed by atoms with Gasteiger partial charge in [0.1, 0.15) is 12.3 Å². The lowest BCUT2D eigenvalue weighted by Gasteiger charge is -2.37. The van der Waals surface area contributed by atoms with Gasteiger partial charge < -0.3 is 14.3 Å². The smallest absolute Gasteiger partial charge is 0.330 e. The summed E-state index contributed by atoms with van der Waals surface area (Å²) in [5.41, 5.74) is -0.997. The molecule has 130 valence electrons. The van der Waals surface area contributed by atoms with Crippen LogP contribution >= 0.6 is 0 Å². The fourth-order valence-electron chi connectivity index (χ4n) is 2.20. The van der Waals surface area contributed by atoms with Crippen molar-refractivity contribution in [3.8, 4) is 0 Å². The highest BCUT2D eigenvalue weighted by Gasteiger charge is 2.41. The monoisotopic (exact) mass is 342 g/mol. The Kier molecular flexibility index (Phi) is 5.00. The first-order chi connectivity index (χ1) is 10.5. The van der Waals surface area contributed by atoms with Gasteiger partial charge in [0.15, 0.2) is 8.32 Å². The minimum atomic E-state index is -1.93. The van der Waals surface area contributed by atoms with Gasteiger partial charge in [-0.05, 0) is 18.1 Å². The Bertz CT molecular complexity index is 661. The standard InChI is InChI=1S/C15H26N2O5Si/c1-15(2,3)23(4,5)21-9-11-10(18)8-13(22-11)17-7-6-12(19)16-14(17)20/h6-7,10-11,13,18H,8-9H2,1-5H3,(H,16,19,20)/t10-,11?,13+/m0/s1. The normalized spacial score (nSPS) is 25.7. The summed E-state index contributed by atoms with van der Waals surface area (Å²) in [6, 6.07) is 1.26. The van der Waals surface area contributed by atoms with E-state index in [4.69, 9.17) is 9.16 Å². The van der Waals surface area contributed by atoms with Crippen molar-refractivity contribution in [2.75, 3.05) is 6.61 Å². The van der Waals surface area contributed by atoms with Crippen LogP contribution < -0.4 is 11.2 Å². The zero-order valence-corrected chi connectivity index (χ0v) is 15.3. The van der Waals surface area contributed by atoms with E-state index in [9.17, 15) is 14.7 Å². The van der Waals surface area contributed by atoms with Gasteiger partial charge in [0.2, 0.25) is 0 Å². The molecule has 1 unspecified atom stereocenters. The Morgan fingerprint density at radius 2 is 2.09 bits per heavy atom. The van der Waals surface area contributed by atoms with Gasteiger partial charge in [-0.25, -0.2) is 4.79 Å². The lowest BCUT2D eigenvalue weighted by atomic mass is 10.2. The molecule has 0 amide bonds. The fraction of sp³-hybridized carbons (Fsp3) is 0.733. The van der Waals surface area contributed by atoms with Crippen molar-refractivity contribution in [2.45, 2.75) is 63.8 Å². The van der Waals surface area contributed by atoms with Crippen molar-refractivity contribution in [1.29, 1.82) is 0 Å². The van der Waals surface area contributed by atoms with Crippen LogP contribution in [0.4, 0.5) is 0 Å². The summed E-state index contributed by atoms with van der Waals surface area (Å²) < 4.78 is 13.2. The van der Waals surface area contributed by atoms with Crippen LogP contribution in [0.15, 0.2) is 21.9 Å². The molecular formula is C15H26N2O5Si. The Hall–Kier alpha value is -1.22. The Balaban J connectivity index is 2.04. The number of ether oxygens (including phenoxy) is 1. The molecule has 1 saturated heterocycles. The summed E-state index contributed by atoms with van der Waals surface area (Å²) >= 11 is 0. The van der Waals surface area contributed by atoms with E-state index in [1.165, 1.54) is 16.8 Å². The van der Waals surface area contributed by atoms with Crippen molar-refractivity contribution in [3.63, 3.8) is 0 Å². The predicted molar refractivity (Wildman–Crippen MR) is 89.0 cm³/mol. The third-order valence-electron chi connectivity index (χ3n) is 4.78. The Labute approximate surface area is 136 Å². The molecule has 23 heavy (non-hydrogen) atoms. The van der Waals surface area contributed by atoms with E-state index in [1.54, 1.807) is 0 Å². The molecular weight excluding hydrogens is 316 g/mol. The summed E-state index contributed by atoms with van der Waals surface area (Å²) in [4.78, 5) is 25.1. The van der Waals surface area contributed by atoms with Gasteiger partial charge in [0.25, 0.3) is 5.56 Å². The minimum absolute atomic E-state index is 0.0752. The van der Waals surface area contributed by atoms with E-state index >= 15 is 0 Å². The van der Waals surface area contributed by atoms with Gasteiger partial charge in [-0.2, -0.15) is 0 Å². The van der Waals surface area contributed by atoms with E-state index in [-0.39, 0.29) is 11.5 Å². The highest BCUT2D eigenvalue weighted by molar-refractivity contribution is 6.74. The molecule has 0 radical (unpaired) electrons. The highest BCUT2D eigenvalue weighted by Crippen LogP contribution is 2.37. The second-order valence-electron chi connectivity index (χ2n) is 7.52. The minimum Gasteiger partial charge on any atom is -0.414 e. The van der Waals surface area contributed by atoms with E-state index in [0.717, 1.165) is 0 Å². The van der Waals surface area contributed by atoms with E-state index < -0.39 is 38.0 Å². The van der Waals surface area contributed by atoms with Crippen molar-refractivity contribution in [3.05, 3.63) is 33.1 Å². The molecule has 1 aromatic heterocycles. The van der Waals surface area contributed by atoms with Crippen LogP contribution in [0.5, 0.6) is 0 Å². The molecule has 2 heterocycles. The molecule has 1 fully saturated rings. The van der Waals surface area contributed by atoms with E-state index in [0.29, 0.717) is 6.61 Å². The average Bonchev–Trinajstić information content (AvgIpc) is 2.76. The summed E-state index contributed by atoms with van der Waals surface area (Å²) in [7, 11) is -1.93. The fourth-order valence-corrected chi connectivity index (χ4v) is 3.21. The molecule has 1 aliphatic rings. The first-order valence-electron chi connectivity index (χ1n) is 7.80. The molecule has 0 aromatic carbocycles. The molecule has 1 aromatic rings. The summed E-state index contributed by atoms with van der Waals surface area (Å²) in [5, 5.41) is 10.3. The largest absolute Gasteiger partial charge is 0.414 e. The third-order valence-corrected chi connectivity index (χ3v) is 9.28. The second kappa shape index (κ2) is 6.35. The maximum absolute atomic E-state index is 11.8. The number of aromatic amines is 1. The molecule has 0 spiro atoms. The van der Waals surface area contributed by atoms with Crippen molar-refractivity contribution >= 4 is 8.32 Å². The molecule has 8 heteroatoms. The maximum Gasteiger partial charge on any atom is 0.330 e. The maximum atomic E-state index is 11.8. The van der Waals surface area contributed by atoms with Crippen molar-refractivity contribution < 1.29 is 14.3 Å². The van der Waals surface area contributed by atoms with Gasteiger partial charge in [-0.3, -0.25) is 14.3 Å². The lowest BCUT2D eigenvalue weighted by Crippen LogP contribution is -2.43. The zero-order chi connectivity index (χ0) is 17.4. The molecule has 3 atom stereocenters. The number of hydrogen-bond acceptors (Lipinski definition) is 5. The molecule has 0 aliphatic carbocycles. The van der Waals surface area contributed by atoms with Gasteiger partial charge in [-0.15, -0.1) is 0 Å². The van der Waals surface area contributed by atoms with Crippen molar-refractivity contribution in [1.82, 2.24) is 9.55 Å². The predicted octanol–water partition coefficient (Wildman–Crippen LogP) is 1.21. The second-order valence-corrected chi connectivity index (χ2v) is 12.3. The van der Waals surface area contributed by atoms with Crippen LogP contribution in [0.25, 0.3) is 0 Å². The average molecular weight is 342 g/mol. The lowest BCUT2D eigenvalue weighted by molar-refractivity contribution is -0.0432. The summed E-state index contributed by atoms with van der Waals surface area (Å²) in [6.45, 7) is 11.0. The van der Waals surface area contributed by atoms with E-state index in [2.05, 4.69) is 38.8 Å². The van der Waals surface area contributed by atoms with Crippen LogP contribution in [0.1, 0.15) is 33.4 Å². The molecule has 2 N–H and O–H groups in total. The number of aliphatic hydroxyl groups is 1. The molecule has 7 nitrogen and oxygen atoms in total. The van der Waals surface area contributed by atoms with Crippen LogP contribution in [0.2, 0.25) is 18.1 Å². The number of rotatable bonds is 4. The number of H-pyrrole nitrogens is 1. The number of nitrogens with zero attached hydrogens (tertiary/aromatic N) is 1. The van der Waals surface area contributed by atoms with E-state index in [1.807, 2.05) is 0 Å². The summed E-state index contributed by atoms with van der Waals surface area (Å²) in [5.74, 6) is 0. The third kappa shape index (κ3) is 4.00. The van der Waals surface area contributed by atoms with Crippen LogP contribution in [0.3, 0.4) is 0 Å². The zero-order valence-electron chi connectivity index (χ0n) is 14.3. The van der Waals surface area contributed by atoms with Gasteiger partial charge in [0, 0.05) is 18.7 Å². The number of aromatic nitrogens is 2. The van der Waals surface area contributed by atoms with Gasteiger partial charge in [-0.1, -0.05) is 20.8 Å². The number of aliphatic hydroxyl groups excluding tert-OH is 1. The summed E-state index contributed by atoms with van der Waals surface area (Å²) in [6.07, 6.45) is -0.105. The SMILES string of the molecule is CC(C)(C)[Si](C)(C)OCC1O[C@@H](n2ccc(=O)[nH]c2=O)C[C@@H]1O. The van der Waals surface area contributed by atoms with Crippen molar-refractivity contribution in [2.24, 2.45) is 0 Å². The highest BCUT2D eigenvalue weighted by atomic mass is 28.4. The molecule has 0 saturated carbocycles. The topological polar surface area (TPSA) is 93.5 Å². The first-order valence-corrected chi connectivity index (χ1v) is 10.7. The molecule has 0 bridgehead atoms. The molecule has 1 aliphatic heterocycles. The Morgan fingerprint density at radius 3 is 2.65 bits per heavy atom. The van der Waals surface area contributed by atoms with Gasteiger partial charge in [0.05, 0.1) is 12.7 Å². The quantitative estimate of drug-likeness (QED) is 0.802. The van der Waals surface area contributed by atoms with Crippen LogP contribution in [-0.2, 0) is 9.16 Å². The number of nitrogens with one attached hydrogen (secondary N) is 1. The Morgan fingerprint density at radius 1 is 1.43 bits per heavy atom. The van der Waals surface area contributed by atoms with Gasteiger partial charge >= 0.3 is 5.69 Å². The molecule has 2 rings (SSSR count). The van der Waals surface area contributed by atoms with Crippen LogP contribution in [0, 0.1) is 0 Å². The number of hydrogen-bond donors (Lipinski definition) is 2.